The first-order valence-corrected chi connectivity index (χ1v) is 7.92. The van der Waals surface area contributed by atoms with Crippen LogP contribution in [0.3, 0.4) is 0 Å². The average molecular weight is 362 g/mol. The molecular weight excluding hydrogens is 346 g/mol. The van der Waals surface area contributed by atoms with Crippen LogP contribution in [0.25, 0.3) is 0 Å². The molecule has 1 amide bonds. The monoisotopic (exact) mass is 361 g/mol. The highest BCUT2D eigenvalue weighted by Crippen LogP contribution is 2.37. The highest BCUT2D eigenvalue weighted by molar-refractivity contribution is 9.11. The lowest BCUT2D eigenvalue weighted by Crippen LogP contribution is -2.38. The number of hydrogen-bond donors (Lipinski definition) is 1. The molecule has 1 aliphatic carbocycles. The van der Waals surface area contributed by atoms with Gasteiger partial charge in [0.15, 0.2) is 0 Å². The maximum atomic E-state index is 12.5. The van der Waals surface area contributed by atoms with E-state index in [4.69, 9.17) is 9.84 Å². The number of ether oxygens (including phenoxy) is 1. The van der Waals surface area contributed by atoms with Crippen LogP contribution < -0.4 is 4.74 Å². The van der Waals surface area contributed by atoms with Crippen molar-refractivity contribution in [2.45, 2.75) is 25.8 Å². The number of halogens is 1. The number of carbonyl (C=O) groups excluding carboxylic acids is 1. The van der Waals surface area contributed by atoms with Crippen molar-refractivity contribution < 1.29 is 19.4 Å². The molecule has 1 saturated carbocycles. The van der Waals surface area contributed by atoms with Crippen LogP contribution >= 0.6 is 27.3 Å². The molecule has 110 valence electrons. The third kappa shape index (κ3) is 3.32. The maximum Gasteiger partial charge on any atom is 0.308 e. The summed E-state index contributed by atoms with van der Waals surface area (Å²) in [6, 6.07) is 1.87. The number of methoxy groups -OCH3 is 1. The minimum Gasteiger partial charge on any atom is -0.495 e. The van der Waals surface area contributed by atoms with Crippen molar-refractivity contribution in [3.8, 4) is 5.75 Å². The Morgan fingerprint density at radius 3 is 2.70 bits per heavy atom. The number of carboxylic acid groups (broad SMARTS) is 1. The molecule has 1 unspecified atom stereocenters. The van der Waals surface area contributed by atoms with Crippen LogP contribution in [0.5, 0.6) is 5.75 Å². The zero-order valence-corrected chi connectivity index (χ0v) is 13.7. The molecular formula is C13H16BrNO4S. The van der Waals surface area contributed by atoms with Crippen molar-refractivity contribution >= 4 is 39.1 Å². The molecule has 1 atom stereocenters. The summed E-state index contributed by atoms with van der Waals surface area (Å²) in [5, 5.41) is 9.01. The number of thiophene rings is 1. The molecule has 0 aromatic carbocycles. The molecule has 1 aliphatic rings. The van der Waals surface area contributed by atoms with Gasteiger partial charge in [0.2, 0.25) is 0 Å². The Morgan fingerprint density at radius 2 is 2.25 bits per heavy atom. The van der Waals surface area contributed by atoms with E-state index in [-0.39, 0.29) is 18.5 Å². The quantitative estimate of drug-likeness (QED) is 0.845. The normalized spacial score (nSPS) is 15.8. The van der Waals surface area contributed by atoms with Gasteiger partial charge < -0.3 is 14.7 Å². The number of carbonyl (C=O) groups is 2. The topological polar surface area (TPSA) is 66.8 Å². The summed E-state index contributed by atoms with van der Waals surface area (Å²) in [6.07, 6.45) is 1.89. The van der Waals surface area contributed by atoms with E-state index >= 15 is 0 Å². The predicted molar refractivity (Wildman–Crippen MR) is 79.4 cm³/mol. The third-order valence-corrected chi connectivity index (χ3v) is 5.00. The second-order valence-corrected chi connectivity index (χ2v) is 7.25. The van der Waals surface area contributed by atoms with E-state index in [0.29, 0.717) is 10.6 Å². The molecule has 1 N–H and O–H groups in total. The zero-order chi connectivity index (χ0) is 14.9. The van der Waals surface area contributed by atoms with E-state index in [0.717, 1.165) is 16.6 Å². The summed E-state index contributed by atoms with van der Waals surface area (Å²) in [6.45, 7) is 1.87. The molecule has 1 aromatic rings. The third-order valence-electron chi connectivity index (χ3n) is 3.23. The van der Waals surface area contributed by atoms with Crippen molar-refractivity contribution in [3.63, 3.8) is 0 Å². The zero-order valence-electron chi connectivity index (χ0n) is 11.3. The van der Waals surface area contributed by atoms with Crippen LogP contribution in [-0.2, 0) is 4.79 Å². The Bertz CT molecular complexity index is 526. The second-order valence-electron chi connectivity index (χ2n) is 4.88. The van der Waals surface area contributed by atoms with Crippen molar-refractivity contribution in [1.82, 2.24) is 4.90 Å². The lowest BCUT2D eigenvalue weighted by atomic mass is 10.1. The number of nitrogens with zero attached hydrogens (tertiary/aromatic N) is 1. The Hall–Kier alpha value is -1.08. The van der Waals surface area contributed by atoms with Gasteiger partial charge in [-0.1, -0.05) is 6.92 Å². The van der Waals surface area contributed by atoms with Crippen molar-refractivity contribution in [2.75, 3.05) is 13.7 Å². The van der Waals surface area contributed by atoms with Crippen LogP contribution in [0, 0.1) is 5.92 Å². The second kappa shape index (κ2) is 6.13. The molecule has 5 nitrogen and oxygen atoms in total. The van der Waals surface area contributed by atoms with Gasteiger partial charge in [-0.25, -0.2) is 0 Å². The number of carboxylic acids is 1. The maximum absolute atomic E-state index is 12.5. The summed E-state index contributed by atoms with van der Waals surface area (Å²) < 4.78 is 5.92. The van der Waals surface area contributed by atoms with Gasteiger partial charge >= 0.3 is 5.97 Å². The summed E-state index contributed by atoms with van der Waals surface area (Å²) in [4.78, 5) is 25.8. The van der Waals surface area contributed by atoms with Crippen LogP contribution in [0.1, 0.15) is 29.4 Å². The Labute approximate surface area is 129 Å². The van der Waals surface area contributed by atoms with Crippen LogP contribution in [0.15, 0.2) is 9.85 Å². The minimum atomic E-state index is -0.881. The van der Waals surface area contributed by atoms with Gasteiger partial charge in [0.1, 0.15) is 9.54 Å². The Kier molecular flexibility index (Phi) is 4.70. The molecule has 0 saturated heterocycles. The van der Waals surface area contributed by atoms with E-state index in [1.807, 2.05) is 0 Å². The first kappa shape index (κ1) is 15.3. The van der Waals surface area contributed by atoms with Crippen molar-refractivity contribution in [1.29, 1.82) is 0 Å². The van der Waals surface area contributed by atoms with Gasteiger partial charge in [-0.3, -0.25) is 9.59 Å². The van der Waals surface area contributed by atoms with Gasteiger partial charge in [-0.2, -0.15) is 0 Å². The molecule has 0 spiro atoms. The van der Waals surface area contributed by atoms with E-state index in [2.05, 4.69) is 15.9 Å². The van der Waals surface area contributed by atoms with Gasteiger partial charge in [0.05, 0.1) is 17.9 Å². The fraction of sp³-hybridized carbons (Fsp3) is 0.538. The molecule has 0 radical (unpaired) electrons. The summed E-state index contributed by atoms with van der Waals surface area (Å²) in [5.74, 6) is -0.937. The van der Waals surface area contributed by atoms with Gasteiger partial charge in [-0.05, 0) is 28.8 Å². The van der Waals surface area contributed by atoms with Gasteiger partial charge in [0.25, 0.3) is 5.91 Å². The first-order valence-electron chi connectivity index (χ1n) is 6.31. The van der Waals surface area contributed by atoms with Crippen LogP contribution in [-0.4, -0.2) is 41.6 Å². The van der Waals surface area contributed by atoms with Gasteiger partial charge in [0, 0.05) is 18.7 Å². The molecule has 20 heavy (non-hydrogen) atoms. The molecule has 1 fully saturated rings. The number of aliphatic carboxylic acids is 1. The largest absolute Gasteiger partial charge is 0.495 e. The van der Waals surface area contributed by atoms with E-state index < -0.39 is 11.9 Å². The highest BCUT2D eigenvalue weighted by Gasteiger charge is 2.35. The number of amides is 1. The Balaban J connectivity index is 2.16. The first-order chi connectivity index (χ1) is 9.43. The van der Waals surface area contributed by atoms with Crippen LogP contribution in [0.2, 0.25) is 0 Å². The van der Waals surface area contributed by atoms with E-state index in [1.165, 1.54) is 11.3 Å². The summed E-state index contributed by atoms with van der Waals surface area (Å²) in [5.41, 5.74) is 0. The Morgan fingerprint density at radius 1 is 1.60 bits per heavy atom. The summed E-state index contributed by atoms with van der Waals surface area (Å²) >= 11 is 4.66. The molecule has 0 bridgehead atoms. The molecule has 0 aliphatic heterocycles. The lowest BCUT2D eigenvalue weighted by Gasteiger charge is -2.23. The summed E-state index contributed by atoms with van der Waals surface area (Å²) in [7, 11) is 1.55. The number of rotatable bonds is 6. The molecule has 7 heteroatoms. The standard InChI is InChI=1S/C13H16BrNO4S/c1-7(13(17)18)6-15(8-3-4-8)12(16)10-5-9(19-2)11(14)20-10/h5,7-8H,3-4,6H2,1-2H3,(H,17,18). The van der Waals surface area contributed by atoms with E-state index in [1.54, 1.807) is 25.0 Å². The van der Waals surface area contributed by atoms with Crippen LogP contribution in [0.4, 0.5) is 0 Å². The lowest BCUT2D eigenvalue weighted by molar-refractivity contribution is -0.141. The van der Waals surface area contributed by atoms with Gasteiger partial charge in [-0.15, -0.1) is 11.3 Å². The van der Waals surface area contributed by atoms with E-state index in [9.17, 15) is 9.59 Å². The molecule has 2 rings (SSSR count). The highest BCUT2D eigenvalue weighted by atomic mass is 79.9. The van der Waals surface area contributed by atoms with Crippen molar-refractivity contribution in [2.24, 2.45) is 5.92 Å². The minimum absolute atomic E-state index is 0.116. The fourth-order valence-corrected chi connectivity index (χ4v) is 3.50. The SMILES string of the molecule is COc1cc(C(=O)N(CC(C)C(=O)O)C2CC2)sc1Br. The van der Waals surface area contributed by atoms with Crippen molar-refractivity contribution in [3.05, 3.63) is 14.7 Å². The molecule has 1 aromatic heterocycles. The fourth-order valence-electron chi connectivity index (χ4n) is 1.90. The number of hydrogen-bond acceptors (Lipinski definition) is 4. The average Bonchev–Trinajstić information content (AvgIpc) is 3.17. The molecule has 1 heterocycles. The predicted octanol–water partition coefficient (Wildman–Crippen LogP) is 2.84. The smallest absolute Gasteiger partial charge is 0.308 e.